The van der Waals surface area contributed by atoms with Gasteiger partial charge in [-0.1, -0.05) is 45.4 Å². The van der Waals surface area contributed by atoms with Crippen LogP contribution in [0.1, 0.15) is 94.1 Å². The summed E-state index contributed by atoms with van der Waals surface area (Å²) in [4.78, 5) is 25.1. The van der Waals surface area contributed by atoms with E-state index in [1.807, 2.05) is 6.92 Å². The van der Waals surface area contributed by atoms with E-state index >= 15 is 0 Å². The number of nitrogens with one attached hydrogen (secondary N) is 2. The lowest BCUT2D eigenvalue weighted by Gasteiger charge is -2.25. The van der Waals surface area contributed by atoms with Gasteiger partial charge in [0.1, 0.15) is 11.7 Å². The highest BCUT2D eigenvalue weighted by molar-refractivity contribution is 5.92. The number of carbonyl (C=O) groups is 2. The highest BCUT2D eigenvalue weighted by atomic mass is 16.2. The molecule has 2 aliphatic carbocycles. The highest BCUT2D eigenvalue weighted by Gasteiger charge is 2.25. The van der Waals surface area contributed by atoms with Crippen molar-refractivity contribution in [1.29, 1.82) is 0 Å². The Bertz CT molecular complexity index is 601. The van der Waals surface area contributed by atoms with E-state index in [2.05, 4.69) is 15.7 Å². The van der Waals surface area contributed by atoms with Gasteiger partial charge in [-0.25, -0.2) is 0 Å². The average Bonchev–Trinajstić information content (AvgIpc) is 3.14. The minimum Gasteiger partial charge on any atom is -0.352 e. The Hall–Kier alpha value is -1.85. The van der Waals surface area contributed by atoms with Gasteiger partial charge < -0.3 is 10.6 Å². The van der Waals surface area contributed by atoms with Gasteiger partial charge in [0.2, 0.25) is 5.91 Å². The Labute approximate surface area is 156 Å². The summed E-state index contributed by atoms with van der Waals surface area (Å²) < 4.78 is 1.65. The van der Waals surface area contributed by atoms with Gasteiger partial charge in [-0.05, 0) is 38.2 Å². The van der Waals surface area contributed by atoms with Gasteiger partial charge >= 0.3 is 0 Å². The second-order valence-electron chi connectivity index (χ2n) is 7.76. The molecule has 1 aromatic rings. The molecule has 0 unspecified atom stereocenters. The number of amides is 2. The van der Waals surface area contributed by atoms with E-state index in [4.69, 9.17) is 0 Å². The Kier molecular flexibility index (Phi) is 6.69. The third kappa shape index (κ3) is 4.86. The van der Waals surface area contributed by atoms with Gasteiger partial charge in [0.15, 0.2) is 0 Å². The average molecular weight is 361 g/mol. The number of aromatic nitrogens is 2. The normalized spacial score (nSPS) is 20.5. The zero-order chi connectivity index (χ0) is 18.4. The van der Waals surface area contributed by atoms with Crippen molar-refractivity contribution >= 4 is 11.8 Å². The van der Waals surface area contributed by atoms with Crippen LogP contribution in [-0.4, -0.2) is 33.7 Å². The summed E-state index contributed by atoms with van der Waals surface area (Å²) in [6.45, 7) is 1.98. The molecule has 0 spiro atoms. The van der Waals surface area contributed by atoms with E-state index in [9.17, 15) is 9.59 Å². The zero-order valence-electron chi connectivity index (χ0n) is 15.9. The lowest BCUT2D eigenvalue weighted by atomic mass is 9.95. The van der Waals surface area contributed by atoms with E-state index in [-0.39, 0.29) is 29.9 Å². The second-order valence-corrected chi connectivity index (χ2v) is 7.76. The third-order valence-corrected chi connectivity index (χ3v) is 5.74. The van der Waals surface area contributed by atoms with Crippen LogP contribution < -0.4 is 10.6 Å². The Morgan fingerprint density at radius 1 is 1.04 bits per heavy atom. The molecule has 1 aromatic heterocycles. The molecule has 1 heterocycles. The van der Waals surface area contributed by atoms with Gasteiger partial charge in [-0.2, -0.15) is 5.10 Å². The molecule has 144 valence electrons. The van der Waals surface area contributed by atoms with Crippen LogP contribution in [0, 0.1) is 0 Å². The summed E-state index contributed by atoms with van der Waals surface area (Å²) in [5.74, 6) is -0.111. The van der Waals surface area contributed by atoms with E-state index in [1.54, 1.807) is 16.9 Å². The summed E-state index contributed by atoms with van der Waals surface area (Å²) in [7, 11) is 0. The third-order valence-electron chi connectivity index (χ3n) is 5.74. The van der Waals surface area contributed by atoms with Gasteiger partial charge in [-0.15, -0.1) is 0 Å². The van der Waals surface area contributed by atoms with Gasteiger partial charge in [0.25, 0.3) is 5.91 Å². The van der Waals surface area contributed by atoms with Crippen molar-refractivity contribution in [3.8, 4) is 0 Å². The molecule has 2 fully saturated rings. The number of rotatable bonds is 6. The molecule has 0 aliphatic heterocycles. The first kappa shape index (κ1) is 18.9. The van der Waals surface area contributed by atoms with Crippen molar-refractivity contribution in [2.45, 2.75) is 95.7 Å². The molecule has 2 aliphatic rings. The summed E-state index contributed by atoms with van der Waals surface area (Å²) in [6, 6.07) is 1.91. The predicted octanol–water partition coefficient (Wildman–Crippen LogP) is 3.35. The second kappa shape index (κ2) is 9.19. The van der Waals surface area contributed by atoms with Crippen molar-refractivity contribution in [3.63, 3.8) is 0 Å². The maximum Gasteiger partial charge on any atom is 0.271 e. The number of carbonyl (C=O) groups excluding carboxylic acids is 2. The van der Waals surface area contributed by atoms with Crippen LogP contribution in [-0.2, 0) is 4.79 Å². The molecule has 6 heteroatoms. The number of hydrogen-bond donors (Lipinski definition) is 2. The molecule has 2 N–H and O–H groups in total. The van der Waals surface area contributed by atoms with Gasteiger partial charge in [-0.3, -0.25) is 14.3 Å². The molecule has 1 atom stereocenters. The maximum absolute atomic E-state index is 12.7. The fourth-order valence-electron chi connectivity index (χ4n) is 4.18. The van der Waals surface area contributed by atoms with Gasteiger partial charge in [0.05, 0.1) is 0 Å². The SMILES string of the molecule is CC[C@H](C(=O)NC1CCCCC1)n1ccc(C(=O)NC2CCCCC2)n1. The minimum atomic E-state index is -0.354. The number of hydrogen-bond acceptors (Lipinski definition) is 3. The molecule has 0 bridgehead atoms. The first-order valence-electron chi connectivity index (χ1n) is 10.3. The van der Waals surface area contributed by atoms with E-state index in [0.29, 0.717) is 12.1 Å². The molecular formula is C20H32N4O2. The van der Waals surface area contributed by atoms with E-state index < -0.39 is 0 Å². The molecule has 6 nitrogen and oxygen atoms in total. The van der Waals surface area contributed by atoms with Crippen molar-refractivity contribution in [2.75, 3.05) is 0 Å². The Morgan fingerprint density at radius 2 is 1.62 bits per heavy atom. The maximum atomic E-state index is 12.7. The van der Waals surface area contributed by atoms with Crippen LogP contribution in [0.5, 0.6) is 0 Å². The van der Waals surface area contributed by atoms with Crippen LogP contribution in [0.15, 0.2) is 12.3 Å². The predicted molar refractivity (Wildman–Crippen MR) is 101 cm³/mol. The van der Waals surface area contributed by atoms with Crippen molar-refractivity contribution in [2.24, 2.45) is 0 Å². The molecule has 2 saturated carbocycles. The minimum absolute atomic E-state index is 0.0155. The largest absolute Gasteiger partial charge is 0.352 e. The lowest BCUT2D eigenvalue weighted by Crippen LogP contribution is -2.41. The fourth-order valence-corrected chi connectivity index (χ4v) is 4.18. The topological polar surface area (TPSA) is 76.0 Å². The quantitative estimate of drug-likeness (QED) is 0.817. The van der Waals surface area contributed by atoms with Crippen molar-refractivity contribution < 1.29 is 9.59 Å². The van der Waals surface area contributed by atoms with Gasteiger partial charge in [0, 0.05) is 18.3 Å². The van der Waals surface area contributed by atoms with Crippen LogP contribution in [0.3, 0.4) is 0 Å². The summed E-state index contributed by atoms with van der Waals surface area (Å²) in [6.07, 6.45) is 13.9. The zero-order valence-corrected chi connectivity index (χ0v) is 15.9. The molecule has 0 aromatic carbocycles. The standard InChI is InChI=1S/C20H32N4O2/c1-2-18(20(26)22-16-11-7-4-8-12-16)24-14-13-17(23-24)19(25)21-15-9-5-3-6-10-15/h13-16,18H,2-12H2,1H3,(H,21,25)(H,22,26)/t18-/m1/s1. The first-order valence-corrected chi connectivity index (χ1v) is 10.3. The first-order chi connectivity index (χ1) is 12.7. The molecule has 3 rings (SSSR count). The van der Waals surface area contributed by atoms with Crippen LogP contribution in [0.25, 0.3) is 0 Å². The lowest BCUT2D eigenvalue weighted by molar-refractivity contribution is -0.125. The monoisotopic (exact) mass is 360 g/mol. The summed E-state index contributed by atoms with van der Waals surface area (Å²) in [5.41, 5.74) is 0.402. The summed E-state index contributed by atoms with van der Waals surface area (Å²) in [5, 5.41) is 10.7. The van der Waals surface area contributed by atoms with Crippen molar-refractivity contribution in [1.82, 2.24) is 20.4 Å². The molecular weight excluding hydrogens is 328 g/mol. The van der Waals surface area contributed by atoms with E-state index in [0.717, 1.165) is 25.7 Å². The molecule has 2 amide bonds. The fraction of sp³-hybridized carbons (Fsp3) is 0.750. The Morgan fingerprint density at radius 3 is 2.19 bits per heavy atom. The van der Waals surface area contributed by atoms with E-state index in [1.165, 1.54) is 38.5 Å². The highest BCUT2D eigenvalue weighted by Crippen LogP contribution is 2.20. The summed E-state index contributed by atoms with van der Waals surface area (Å²) >= 11 is 0. The molecule has 0 saturated heterocycles. The Balaban J connectivity index is 1.58. The van der Waals surface area contributed by atoms with Crippen LogP contribution in [0.4, 0.5) is 0 Å². The van der Waals surface area contributed by atoms with Crippen LogP contribution in [0.2, 0.25) is 0 Å². The smallest absolute Gasteiger partial charge is 0.271 e. The van der Waals surface area contributed by atoms with Crippen LogP contribution >= 0.6 is 0 Å². The number of nitrogens with zero attached hydrogens (tertiary/aromatic N) is 2. The molecule has 0 radical (unpaired) electrons. The molecule has 26 heavy (non-hydrogen) atoms. The van der Waals surface area contributed by atoms with Crippen molar-refractivity contribution in [3.05, 3.63) is 18.0 Å².